The first kappa shape index (κ1) is 21.3. The summed E-state index contributed by atoms with van der Waals surface area (Å²) in [4.78, 5) is 24.3. The monoisotopic (exact) mass is 418 g/mol. The smallest absolute Gasteiger partial charge is 0.387 e. The number of hydrogen-bond acceptors (Lipinski definition) is 6. The molecule has 30 heavy (non-hydrogen) atoms. The Hall–Kier alpha value is -3.42. The van der Waals surface area contributed by atoms with Gasteiger partial charge >= 0.3 is 12.6 Å². The number of halogens is 2. The van der Waals surface area contributed by atoms with Crippen LogP contribution < -0.4 is 14.2 Å². The van der Waals surface area contributed by atoms with Gasteiger partial charge in [0.25, 0.3) is 0 Å². The standard InChI is InChI=1S/C22H20F2O6/c1-22(2,3)30-19(25)12-27-14-8-9-15-17(11-14)28-18(20(15)26)10-13-6-4-5-7-16(13)29-21(23)24/h4-11,21H,12H2,1-3H3/b18-10-. The van der Waals surface area contributed by atoms with Crippen molar-refractivity contribution in [3.05, 3.63) is 59.4 Å². The van der Waals surface area contributed by atoms with Crippen molar-refractivity contribution in [2.75, 3.05) is 6.61 Å². The average molecular weight is 418 g/mol. The van der Waals surface area contributed by atoms with Gasteiger partial charge in [0.1, 0.15) is 22.8 Å². The first-order valence-electron chi connectivity index (χ1n) is 9.09. The van der Waals surface area contributed by atoms with Gasteiger partial charge in [0.2, 0.25) is 5.78 Å². The van der Waals surface area contributed by atoms with E-state index in [9.17, 15) is 18.4 Å². The third kappa shape index (κ3) is 5.34. The topological polar surface area (TPSA) is 71.1 Å². The second-order valence-electron chi connectivity index (χ2n) is 7.39. The number of hydrogen-bond donors (Lipinski definition) is 0. The van der Waals surface area contributed by atoms with Crippen molar-refractivity contribution in [3.63, 3.8) is 0 Å². The lowest BCUT2D eigenvalue weighted by atomic mass is 10.1. The minimum Gasteiger partial charge on any atom is -0.482 e. The van der Waals surface area contributed by atoms with E-state index in [1.165, 1.54) is 36.4 Å². The normalized spacial score (nSPS) is 14.5. The molecule has 0 atom stereocenters. The molecule has 8 heteroatoms. The van der Waals surface area contributed by atoms with Crippen LogP contribution in [-0.4, -0.2) is 30.6 Å². The van der Waals surface area contributed by atoms with Gasteiger partial charge in [0.15, 0.2) is 12.4 Å². The first-order valence-corrected chi connectivity index (χ1v) is 9.09. The van der Waals surface area contributed by atoms with Gasteiger partial charge in [0.05, 0.1) is 5.56 Å². The maximum absolute atomic E-state index is 12.6. The summed E-state index contributed by atoms with van der Waals surface area (Å²) in [5.74, 6) is -0.504. The molecule has 0 aromatic heterocycles. The van der Waals surface area contributed by atoms with E-state index in [-0.39, 0.29) is 35.0 Å². The third-order valence-electron chi connectivity index (χ3n) is 3.84. The van der Waals surface area contributed by atoms with Crippen LogP contribution in [-0.2, 0) is 9.53 Å². The summed E-state index contributed by atoms with van der Waals surface area (Å²) in [6.07, 6.45) is 1.33. The minimum absolute atomic E-state index is 0.0420. The van der Waals surface area contributed by atoms with Gasteiger partial charge in [-0.15, -0.1) is 0 Å². The Balaban J connectivity index is 1.74. The molecule has 0 spiro atoms. The molecule has 0 saturated heterocycles. The summed E-state index contributed by atoms with van der Waals surface area (Å²) >= 11 is 0. The first-order chi connectivity index (χ1) is 14.1. The second-order valence-corrected chi connectivity index (χ2v) is 7.39. The molecule has 0 amide bonds. The van der Waals surface area contributed by atoms with Crippen molar-refractivity contribution in [1.82, 2.24) is 0 Å². The highest BCUT2D eigenvalue weighted by Crippen LogP contribution is 2.36. The number of para-hydroxylation sites is 1. The number of alkyl halides is 2. The molecule has 1 aliphatic rings. The van der Waals surface area contributed by atoms with Gasteiger partial charge < -0.3 is 18.9 Å². The molecule has 158 valence electrons. The predicted molar refractivity (Wildman–Crippen MR) is 104 cm³/mol. The molecule has 1 aliphatic heterocycles. The Morgan fingerprint density at radius 2 is 1.90 bits per heavy atom. The van der Waals surface area contributed by atoms with E-state index < -0.39 is 24.0 Å². The maximum atomic E-state index is 12.6. The molecule has 0 N–H and O–H groups in total. The highest BCUT2D eigenvalue weighted by molar-refractivity contribution is 6.14. The Kier molecular flexibility index (Phi) is 6.05. The van der Waals surface area contributed by atoms with Crippen LogP contribution >= 0.6 is 0 Å². The van der Waals surface area contributed by atoms with Gasteiger partial charge in [0, 0.05) is 11.6 Å². The summed E-state index contributed by atoms with van der Waals surface area (Å²) < 4.78 is 45.8. The molecular formula is C22H20F2O6. The number of ether oxygens (including phenoxy) is 4. The lowest BCUT2D eigenvalue weighted by molar-refractivity contribution is -0.157. The Morgan fingerprint density at radius 1 is 1.17 bits per heavy atom. The zero-order chi connectivity index (χ0) is 21.9. The van der Waals surface area contributed by atoms with Crippen molar-refractivity contribution in [2.24, 2.45) is 0 Å². The lowest BCUT2D eigenvalue weighted by Crippen LogP contribution is -2.27. The molecule has 0 fully saturated rings. The van der Waals surface area contributed by atoms with Gasteiger partial charge in [-0.05, 0) is 45.0 Å². The molecule has 0 bridgehead atoms. The van der Waals surface area contributed by atoms with E-state index >= 15 is 0 Å². The van der Waals surface area contributed by atoms with Crippen molar-refractivity contribution in [1.29, 1.82) is 0 Å². The summed E-state index contributed by atoms with van der Waals surface area (Å²) in [7, 11) is 0. The quantitative estimate of drug-likeness (QED) is 0.503. The van der Waals surface area contributed by atoms with Crippen molar-refractivity contribution < 1.29 is 37.3 Å². The number of allylic oxidation sites excluding steroid dienone is 1. The number of benzene rings is 2. The van der Waals surface area contributed by atoms with E-state index in [0.29, 0.717) is 5.75 Å². The lowest BCUT2D eigenvalue weighted by Gasteiger charge is -2.19. The fraction of sp³-hybridized carbons (Fsp3) is 0.273. The van der Waals surface area contributed by atoms with Crippen LogP contribution in [0.5, 0.6) is 17.2 Å². The molecule has 0 radical (unpaired) electrons. The molecule has 3 rings (SSSR count). The highest BCUT2D eigenvalue weighted by Gasteiger charge is 2.28. The fourth-order valence-electron chi connectivity index (χ4n) is 2.71. The van der Waals surface area contributed by atoms with E-state index in [0.717, 1.165) is 0 Å². The SMILES string of the molecule is CC(C)(C)OC(=O)COc1ccc2c(c1)O/C(=C\c1ccccc1OC(F)F)C2=O. The Bertz CT molecular complexity index is 991. The highest BCUT2D eigenvalue weighted by atomic mass is 19.3. The Labute approximate surface area is 172 Å². The van der Waals surface area contributed by atoms with Crippen LogP contribution in [0.1, 0.15) is 36.7 Å². The molecule has 0 unspecified atom stereocenters. The largest absolute Gasteiger partial charge is 0.482 e. The molecule has 2 aromatic rings. The maximum Gasteiger partial charge on any atom is 0.387 e. The van der Waals surface area contributed by atoms with Crippen molar-refractivity contribution >= 4 is 17.8 Å². The summed E-state index contributed by atoms with van der Waals surface area (Å²) in [5, 5.41) is 0. The number of esters is 1. The summed E-state index contributed by atoms with van der Waals surface area (Å²) in [6.45, 7) is 1.95. The molecule has 6 nitrogen and oxygen atoms in total. The summed E-state index contributed by atoms with van der Waals surface area (Å²) in [5.41, 5.74) is -0.0636. The molecule has 0 aliphatic carbocycles. The average Bonchev–Trinajstić information content (AvgIpc) is 2.95. The number of Topliss-reactive ketones (excluding diaryl/α,β-unsaturated/α-hetero) is 1. The van der Waals surface area contributed by atoms with Crippen LogP contribution in [0.25, 0.3) is 6.08 Å². The Morgan fingerprint density at radius 3 is 2.60 bits per heavy atom. The number of carbonyl (C=O) groups excluding carboxylic acids is 2. The molecular weight excluding hydrogens is 398 g/mol. The van der Waals surface area contributed by atoms with Crippen molar-refractivity contribution in [3.8, 4) is 17.2 Å². The van der Waals surface area contributed by atoms with E-state index in [1.54, 1.807) is 32.9 Å². The van der Waals surface area contributed by atoms with Crippen LogP contribution in [0, 0.1) is 0 Å². The van der Waals surface area contributed by atoms with Gasteiger partial charge in [-0.3, -0.25) is 4.79 Å². The summed E-state index contributed by atoms with van der Waals surface area (Å²) in [6, 6.07) is 10.6. The van der Waals surface area contributed by atoms with E-state index in [1.807, 2.05) is 0 Å². The number of fused-ring (bicyclic) bond motifs is 1. The molecule has 2 aromatic carbocycles. The number of carbonyl (C=O) groups is 2. The fourth-order valence-corrected chi connectivity index (χ4v) is 2.71. The van der Waals surface area contributed by atoms with E-state index in [4.69, 9.17) is 14.2 Å². The van der Waals surface area contributed by atoms with Crippen LogP contribution in [0.2, 0.25) is 0 Å². The third-order valence-corrected chi connectivity index (χ3v) is 3.84. The number of ketones is 1. The van der Waals surface area contributed by atoms with Gasteiger partial charge in [-0.1, -0.05) is 18.2 Å². The zero-order valence-electron chi connectivity index (χ0n) is 16.6. The predicted octanol–water partition coefficient (Wildman–Crippen LogP) is 4.62. The minimum atomic E-state index is -2.99. The van der Waals surface area contributed by atoms with Crippen LogP contribution in [0.15, 0.2) is 48.2 Å². The molecule has 0 saturated carbocycles. The van der Waals surface area contributed by atoms with Crippen molar-refractivity contribution in [2.45, 2.75) is 33.0 Å². The van der Waals surface area contributed by atoms with E-state index in [2.05, 4.69) is 4.74 Å². The van der Waals surface area contributed by atoms with Crippen LogP contribution in [0.4, 0.5) is 8.78 Å². The van der Waals surface area contributed by atoms with Crippen LogP contribution in [0.3, 0.4) is 0 Å². The van der Waals surface area contributed by atoms with Gasteiger partial charge in [-0.2, -0.15) is 8.78 Å². The van der Waals surface area contributed by atoms with Gasteiger partial charge in [-0.25, -0.2) is 4.79 Å². The zero-order valence-corrected chi connectivity index (χ0v) is 16.6. The molecule has 1 heterocycles. The second kappa shape index (κ2) is 8.52. The number of rotatable bonds is 6.